The fourth-order valence-electron chi connectivity index (χ4n) is 2.74. The molecule has 5 heteroatoms. The largest absolute Gasteiger partial charge is 0.506 e. The number of hydrogen-bond acceptors (Lipinski definition) is 5. The molecule has 0 unspecified atom stereocenters. The van der Waals surface area contributed by atoms with Crippen molar-refractivity contribution < 1.29 is 9.63 Å². The van der Waals surface area contributed by atoms with Gasteiger partial charge in [-0.25, -0.2) is 0 Å². The van der Waals surface area contributed by atoms with Gasteiger partial charge in [0.05, 0.1) is 5.69 Å². The first-order valence-corrected chi connectivity index (χ1v) is 7.16. The SMILES string of the molecule is Nc1cc(-c2nc(C3CCCCCC3)no2)ccc1O. The van der Waals surface area contributed by atoms with E-state index in [1.54, 1.807) is 18.2 Å². The van der Waals surface area contributed by atoms with Crippen molar-refractivity contribution >= 4 is 5.69 Å². The molecule has 2 aromatic rings. The summed E-state index contributed by atoms with van der Waals surface area (Å²) in [6.45, 7) is 0. The van der Waals surface area contributed by atoms with Gasteiger partial charge in [-0.3, -0.25) is 0 Å². The Morgan fingerprint density at radius 2 is 1.90 bits per heavy atom. The summed E-state index contributed by atoms with van der Waals surface area (Å²) in [4.78, 5) is 4.50. The van der Waals surface area contributed by atoms with Gasteiger partial charge in [-0.15, -0.1) is 0 Å². The summed E-state index contributed by atoms with van der Waals surface area (Å²) >= 11 is 0. The summed E-state index contributed by atoms with van der Waals surface area (Å²) in [5.74, 6) is 1.74. The Morgan fingerprint density at radius 3 is 2.60 bits per heavy atom. The fourth-order valence-corrected chi connectivity index (χ4v) is 2.74. The molecule has 0 amide bonds. The molecule has 1 saturated carbocycles. The van der Waals surface area contributed by atoms with E-state index in [-0.39, 0.29) is 5.75 Å². The van der Waals surface area contributed by atoms with E-state index < -0.39 is 0 Å². The van der Waals surface area contributed by atoms with Crippen LogP contribution in [0.25, 0.3) is 11.5 Å². The highest BCUT2D eigenvalue weighted by Crippen LogP contribution is 2.32. The minimum absolute atomic E-state index is 0.0669. The topological polar surface area (TPSA) is 85.2 Å². The molecule has 1 aromatic carbocycles. The zero-order valence-electron chi connectivity index (χ0n) is 11.4. The van der Waals surface area contributed by atoms with Crippen molar-refractivity contribution in [1.29, 1.82) is 0 Å². The van der Waals surface area contributed by atoms with Gasteiger partial charge >= 0.3 is 0 Å². The van der Waals surface area contributed by atoms with Gasteiger partial charge < -0.3 is 15.4 Å². The Balaban J connectivity index is 1.83. The first-order chi connectivity index (χ1) is 9.74. The summed E-state index contributed by atoms with van der Waals surface area (Å²) in [6.07, 6.45) is 7.35. The second-order valence-electron chi connectivity index (χ2n) is 5.42. The number of rotatable bonds is 2. The fraction of sp³-hybridized carbons (Fsp3) is 0.467. The predicted octanol–water partition coefficient (Wildman–Crippen LogP) is 3.46. The normalized spacial score (nSPS) is 17.0. The maximum absolute atomic E-state index is 9.44. The van der Waals surface area contributed by atoms with Crippen LogP contribution in [0.1, 0.15) is 50.3 Å². The maximum atomic E-state index is 9.44. The van der Waals surface area contributed by atoms with E-state index >= 15 is 0 Å². The van der Waals surface area contributed by atoms with Gasteiger partial charge in [0.25, 0.3) is 5.89 Å². The summed E-state index contributed by atoms with van der Waals surface area (Å²) in [5.41, 5.74) is 6.75. The summed E-state index contributed by atoms with van der Waals surface area (Å²) in [5, 5.41) is 13.6. The molecule has 1 heterocycles. The van der Waals surface area contributed by atoms with Crippen LogP contribution in [-0.4, -0.2) is 15.2 Å². The maximum Gasteiger partial charge on any atom is 0.258 e. The average Bonchev–Trinajstić information content (AvgIpc) is 2.78. The van der Waals surface area contributed by atoms with Crippen LogP contribution in [0.4, 0.5) is 5.69 Å². The zero-order valence-corrected chi connectivity index (χ0v) is 11.4. The molecule has 0 atom stereocenters. The van der Waals surface area contributed by atoms with Crippen LogP contribution in [0.15, 0.2) is 22.7 Å². The molecular formula is C15H19N3O2. The summed E-state index contributed by atoms with van der Waals surface area (Å²) < 4.78 is 5.34. The van der Waals surface area contributed by atoms with Crippen molar-refractivity contribution in [3.8, 4) is 17.2 Å². The lowest BCUT2D eigenvalue weighted by Crippen LogP contribution is -1.99. The van der Waals surface area contributed by atoms with Crippen LogP contribution in [0, 0.1) is 0 Å². The molecule has 0 aliphatic heterocycles. The highest BCUT2D eigenvalue weighted by atomic mass is 16.5. The van der Waals surface area contributed by atoms with Gasteiger partial charge in [-0.1, -0.05) is 30.8 Å². The van der Waals surface area contributed by atoms with Crippen LogP contribution in [-0.2, 0) is 0 Å². The molecule has 1 fully saturated rings. The van der Waals surface area contributed by atoms with Gasteiger partial charge in [-0.2, -0.15) is 4.98 Å². The van der Waals surface area contributed by atoms with Crippen molar-refractivity contribution in [2.75, 3.05) is 5.73 Å². The van der Waals surface area contributed by atoms with Crippen LogP contribution < -0.4 is 5.73 Å². The number of hydrogen-bond donors (Lipinski definition) is 2. The first kappa shape index (κ1) is 13.0. The lowest BCUT2D eigenvalue weighted by molar-refractivity contribution is 0.410. The highest BCUT2D eigenvalue weighted by molar-refractivity contribution is 5.64. The van der Waals surface area contributed by atoms with Crippen LogP contribution in [0.2, 0.25) is 0 Å². The van der Waals surface area contributed by atoms with E-state index in [2.05, 4.69) is 10.1 Å². The number of aromatic nitrogens is 2. The highest BCUT2D eigenvalue weighted by Gasteiger charge is 2.20. The Labute approximate surface area is 117 Å². The van der Waals surface area contributed by atoms with E-state index in [9.17, 15) is 5.11 Å². The van der Waals surface area contributed by atoms with Gasteiger partial charge in [0.15, 0.2) is 5.82 Å². The molecule has 20 heavy (non-hydrogen) atoms. The minimum atomic E-state index is 0.0669. The van der Waals surface area contributed by atoms with Gasteiger partial charge in [0.2, 0.25) is 0 Å². The second-order valence-corrected chi connectivity index (χ2v) is 5.42. The average molecular weight is 273 g/mol. The number of nitrogens with zero attached hydrogens (tertiary/aromatic N) is 2. The Hall–Kier alpha value is -2.04. The number of nitrogens with two attached hydrogens (primary N) is 1. The monoisotopic (exact) mass is 273 g/mol. The Morgan fingerprint density at radius 1 is 1.15 bits per heavy atom. The third-order valence-electron chi connectivity index (χ3n) is 3.94. The summed E-state index contributed by atoms with van der Waals surface area (Å²) in [7, 11) is 0. The molecule has 0 saturated heterocycles. The molecule has 1 aliphatic carbocycles. The van der Waals surface area contributed by atoms with E-state index in [0.717, 1.165) is 24.2 Å². The van der Waals surface area contributed by atoms with Crippen molar-refractivity contribution in [1.82, 2.24) is 10.1 Å². The molecule has 0 bridgehead atoms. The van der Waals surface area contributed by atoms with Crippen LogP contribution in [0.3, 0.4) is 0 Å². The number of anilines is 1. The van der Waals surface area contributed by atoms with E-state index in [4.69, 9.17) is 10.3 Å². The Kier molecular flexibility index (Phi) is 3.58. The molecule has 1 aromatic heterocycles. The number of phenolic OH excluding ortho intramolecular Hbond substituents is 1. The summed E-state index contributed by atoms with van der Waals surface area (Å²) in [6, 6.07) is 4.93. The smallest absolute Gasteiger partial charge is 0.258 e. The molecule has 0 spiro atoms. The van der Waals surface area contributed by atoms with E-state index in [1.807, 2.05) is 0 Å². The van der Waals surface area contributed by atoms with Crippen molar-refractivity contribution in [2.45, 2.75) is 44.4 Å². The van der Waals surface area contributed by atoms with E-state index in [1.165, 1.54) is 25.7 Å². The molecule has 0 radical (unpaired) electrons. The number of aromatic hydroxyl groups is 1. The number of benzene rings is 1. The van der Waals surface area contributed by atoms with E-state index in [0.29, 0.717) is 17.5 Å². The van der Waals surface area contributed by atoms with Crippen LogP contribution in [0.5, 0.6) is 5.75 Å². The van der Waals surface area contributed by atoms with Gasteiger partial charge in [0, 0.05) is 11.5 Å². The third-order valence-corrected chi connectivity index (χ3v) is 3.94. The van der Waals surface area contributed by atoms with Crippen LogP contribution >= 0.6 is 0 Å². The zero-order chi connectivity index (χ0) is 13.9. The standard InChI is InChI=1S/C15H19N3O2/c16-12-9-11(7-8-13(12)19)15-17-14(18-20-15)10-5-3-1-2-4-6-10/h7-10,19H,1-6,16H2. The lowest BCUT2D eigenvalue weighted by atomic mass is 10.00. The lowest BCUT2D eigenvalue weighted by Gasteiger charge is -2.07. The van der Waals surface area contributed by atoms with Crippen molar-refractivity contribution in [3.63, 3.8) is 0 Å². The first-order valence-electron chi connectivity index (χ1n) is 7.16. The van der Waals surface area contributed by atoms with Crippen molar-refractivity contribution in [2.24, 2.45) is 0 Å². The minimum Gasteiger partial charge on any atom is -0.506 e. The molecular weight excluding hydrogens is 254 g/mol. The number of nitrogen functional groups attached to an aromatic ring is 1. The Bertz CT molecular complexity index is 587. The third kappa shape index (κ3) is 2.61. The molecule has 3 rings (SSSR count). The quantitative estimate of drug-likeness (QED) is 0.497. The predicted molar refractivity (Wildman–Crippen MR) is 76.3 cm³/mol. The van der Waals surface area contributed by atoms with Gasteiger partial charge in [0.1, 0.15) is 5.75 Å². The van der Waals surface area contributed by atoms with Gasteiger partial charge in [-0.05, 0) is 31.0 Å². The number of phenols is 1. The molecule has 3 N–H and O–H groups in total. The molecule has 106 valence electrons. The van der Waals surface area contributed by atoms with Crippen molar-refractivity contribution in [3.05, 3.63) is 24.0 Å². The second kappa shape index (κ2) is 5.53. The molecule has 5 nitrogen and oxygen atoms in total. The molecule has 1 aliphatic rings.